The second kappa shape index (κ2) is 10.4. The van der Waals surface area contributed by atoms with E-state index in [2.05, 4.69) is 6.92 Å². The molecule has 176 valence electrons. The van der Waals surface area contributed by atoms with Crippen LogP contribution in [0.25, 0.3) is 0 Å². The first-order chi connectivity index (χ1) is 16.4. The van der Waals surface area contributed by atoms with Gasteiger partial charge < -0.3 is 9.80 Å². The SMILES string of the molecule is CCC[C@H]1C[C@@H](N(C(=O)CC)c2ccc(Cl)cc2)c2ccccc2N1C(=O)c1ccc(F)cc1. The summed E-state index contributed by atoms with van der Waals surface area (Å²) >= 11 is 6.11. The number of rotatable bonds is 6. The van der Waals surface area contributed by atoms with Crippen LogP contribution in [0.2, 0.25) is 5.02 Å². The van der Waals surface area contributed by atoms with E-state index in [-0.39, 0.29) is 29.7 Å². The van der Waals surface area contributed by atoms with E-state index in [1.165, 1.54) is 24.3 Å². The average molecular weight is 479 g/mol. The number of halogens is 2. The van der Waals surface area contributed by atoms with Crippen LogP contribution in [0.3, 0.4) is 0 Å². The highest BCUT2D eigenvalue weighted by molar-refractivity contribution is 6.30. The highest BCUT2D eigenvalue weighted by atomic mass is 35.5. The molecule has 4 rings (SSSR count). The van der Waals surface area contributed by atoms with Gasteiger partial charge in [-0.05, 0) is 73.0 Å². The molecule has 6 heteroatoms. The van der Waals surface area contributed by atoms with Gasteiger partial charge in [0.05, 0.1) is 6.04 Å². The van der Waals surface area contributed by atoms with E-state index >= 15 is 0 Å². The van der Waals surface area contributed by atoms with Gasteiger partial charge >= 0.3 is 0 Å². The lowest BCUT2D eigenvalue weighted by Gasteiger charge is -2.44. The predicted molar refractivity (Wildman–Crippen MR) is 135 cm³/mol. The summed E-state index contributed by atoms with van der Waals surface area (Å²) in [4.78, 5) is 30.5. The maximum absolute atomic E-state index is 13.6. The quantitative estimate of drug-likeness (QED) is 0.376. The number of hydrogen-bond acceptors (Lipinski definition) is 2. The molecular weight excluding hydrogens is 451 g/mol. The molecule has 0 N–H and O–H groups in total. The first kappa shape index (κ1) is 24.0. The van der Waals surface area contributed by atoms with Gasteiger partial charge in [0.2, 0.25) is 5.91 Å². The van der Waals surface area contributed by atoms with E-state index in [1.807, 2.05) is 53.1 Å². The molecule has 3 aromatic carbocycles. The Morgan fingerprint density at radius 1 is 1.00 bits per heavy atom. The van der Waals surface area contributed by atoms with Crippen molar-refractivity contribution in [1.82, 2.24) is 0 Å². The van der Waals surface area contributed by atoms with E-state index in [9.17, 15) is 14.0 Å². The van der Waals surface area contributed by atoms with E-state index in [0.717, 1.165) is 29.8 Å². The normalized spacial score (nSPS) is 17.2. The summed E-state index contributed by atoms with van der Waals surface area (Å²) < 4.78 is 13.5. The van der Waals surface area contributed by atoms with Crippen LogP contribution < -0.4 is 9.80 Å². The van der Waals surface area contributed by atoms with E-state index in [4.69, 9.17) is 11.6 Å². The lowest BCUT2D eigenvalue weighted by molar-refractivity contribution is -0.118. The van der Waals surface area contributed by atoms with Crippen LogP contribution in [0.1, 0.15) is 61.5 Å². The number of fused-ring (bicyclic) bond motifs is 1. The molecule has 0 aromatic heterocycles. The first-order valence-electron chi connectivity index (χ1n) is 11.7. The minimum Gasteiger partial charge on any atom is -0.305 e. The smallest absolute Gasteiger partial charge is 0.258 e. The zero-order valence-electron chi connectivity index (χ0n) is 19.4. The Labute approximate surface area is 205 Å². The number of hydrogen-bond donors (Lipinski definition) is 0. The fraction of sp³-hybridized carbons (Fsp3) is 0.286. The third kappa shape index (κ3) is 4.71. The van der Waals surface area contributed by atoms with Gasteiger partial charge in [-0.15, -0.1) is 0 Å². The molecule has 4 nitrogen and oxygen atoms in total. The van der Waals surface area contributed by atoms with Crippen LogP contribution in [0.5, 0.6) is 0 Å². The van der Waals surface area contributed by atoms with Gasteiger partial charge in [-0.2, -0.15) is 0 Å². The molecule has 0 saturated heterocycles. The predicted octanol–water partition coefficient (Wildman–Crippen LogP) is 7.18. The monoisotopic (exact) mass is 478 g/mol. The van der Waals surface area contributed by atoms with Gasteiger partial charge in [-0.25, -0.2) is 4.39 Å². The van der Waals surface area contributed by atoms with Crippen LogP contribution in [-0.4, -0.2) is 17.9 Å². The van der Waals surface area contributed by atoms with Crippen molar-refractivity contribution in [1.29, 1.82) is 0 Å². The second-order valence-electron chi connectivity index (χ2n) is 8.53. The molecule has 0 spiro atoms. The third-order valence-electron chi connectivity index (χ3n) is 6.34. The number of carbonyl (C=O) groups is 2. The molecule has 0 unspecified atom stereocenters. The molecule has 0 fully saturated rings. The van der Waals surface area contributed by atoms with Crippen molar-refractivity contribution in [2.45, 2.75) is 51.6 Å². The minimum absolute atomic E-state index is 0.00989. The lowest BCUT2D eigenvalue weighted by Crippen LogP contribution is -2.49. The first-order valence-corrected chi connectivity index (χ1v) is 12.1. The Kier molecular flexibility index (Phi) is 7.32. The summed E-state index contributed by atoms with van der Waals surface area (Å²) in [7, 11) is 0. The van der Waals surface area contributed by atoms with Crippen molar-refractivity contribution in [3.63, 3.8) is 0 Å². The molecule has 34 heavy (non-hydrogen) atoms. The number of carbonyl (C=O) groups excluding carboxylic acids is 2. The molecule has 2 amide bonds. The largest absolute Gasteiger partial charge is 0.305 e. The Balaban J connectivity index is 1.82. The van der Waals surface area contributed by atoms with Crippen molar-refractivity contribution in [2.75, 3.05) is 9.80 Å². The van der Waals surface area contributed by atoms with E-state index < -0.39 is 0 Å². The molecule has 0 aliphatic carbocycles. The average Bonchev–Trinajstić information content (AvgIpc) is 2.85. The fourth-order valence-corrected chi connectivity index (χ4v) is 4.90. The topological polar surface area (TPSA) is 40.6 Å². The van der Waals surface area contributed by atoms with Crippen LogP contribution in [0.4, 0.5) is 15.8 Å². The van der Waals surface area contributed by atoms with Crippen molar-refractivity contribution in [2.24, 2.45) is 0 Å². The zero-order chi connectivity index (χ0) is 24.2. The zero-order valence-corrected chi connectivity index (χ0v) is 20.1. The van der Waals surface area contributed by atoms with Gasteiger partial charge in [0.1, 0.15) is 5.82 Å². The van der Waals surface area contributed by atoms with Gasteiger partial charge in [-0.3, -0.25) is 9.59 Å². The highest BCUT2D eigenvalue weighted by Crippen LogP contribution is 2.44. The van der Waals surface area contributed by atoms with Gasteiger partial charge in [-0.1, -0.05) is 50.1 Å². The maximum atomic E-state index is 13.6. The van der Waals surface area contributed by atoms with E-state index in [0.29, 0.717) is 23.4 Å². The van der Waals surface area contributed by atoms with Crippen LogP contribution in [0, 0.1) is 5.82 Å². The summed E-state index contributed by atoms with van der Waals surface area (Å²) in [5, 5.41) is 0.608. The standard InChI is InChI=1S/C28H28ClFN2O2/c1-3-7-23-18-26(31(27(33)4-2)22-16-12-20(29)13-17-22)24-8-5-6-9-25(24)32(23)28(34)19-10-14-21(30)15-11-19/h5-6,8-17,23,26H,3-4,7,18H2,1-2H3/t23-,26+/m0/s1. The number of nitrogens with zero attached hydrogens (tertiary/aromatic N) is 2. The number of benzene rings is 3. The van der Waals surface area contributed by atoms with Gasteiger partial charge in [0.15, 0.2) is 0 Å². The molecule has 1 heterocycles. The summed E-state index contributed by atoms with van der Waals surface area (Å²) in [5.41, 5.74) is 2.93. The van der Waals surface area contributed by atoms with Crippen molar-refractivity contribution >= 4 is 34.8 Å². The molecule has 1 aliphatic rings. The summed E-state index contributed by atoms with van der Waals surface area (Å²) in [5.74, 6) is -0.530. The Bertz CT molecular complexity index is 1160. The van der Waals surface area contributed by atoms with Gasteiger partial charge in [0, 0.05) is 34.4 Å². The molecule has 3 aromatic rings. The molecular formula is C28H28ClFN2O2. The molecule has 2 atom stereocenters. The fourth-order valence-electron chi connectivity index (χ4n) is 4.78. The molecule has 0 saturated carbocycles. The van der Waals surface area contributed by atoms with Crippen molar-refractivity contribution < 1.29 is 14.0 Å². The summed E-state index contributed by atoms with van der Waals surface area (Å²) in [6, 6.07) is 20.4. The maximum Gasteiger partial charge on any atom is 0.258 e. The third-order valence-corrected chi connectivity index (χ3v) is 6.59. The highest BCUT2D eigenvalue weighted by Gasteiger charge is 2.39. The van der Waals surface area contributed by atoms with Gasteiger partial charge in [0.25, 0.3) is 5.91 Å². The van der Waals surface area contributed by atoms with Crippen molar-refractivity contribution in [3.8, 4) is 0 Å². The lowest BCUT2D eigenvalue weighted by atomic mass is 9.87. The Morgan fingerprint density at radius 2 is 1.68 bits per heavy atom. The summed E-state index contributed by atoms with van der Waals surface area (Å²) in [6.07, 6.45) is 2.63. The van der Waals surface area contributed by atoms with Crippen LogP contribution in [0.15, 0.2) is 72.8 Å². The molecule has 0 bridgehead atoms. The minimum atomic E-state index is -0.377. The van der Waals surface area contributed by atoms with Crippen LogP contribution >= 0.6 is 11.6 Å². The van der Waals surface area contributed by atoms with E-state index in [1.54, 1.807) is 12.1 Å². The van der Waals surface area contributed by atoms with Crippen LogP contribution in [-0.2, 0) is 4.79 Å². The number of para-hydroxylation sites is 1. The van der Waals surface area contributed by atoms with Crippen molar-refractivity contribution in [3.05, 3.63) is 94.8 Å². The second-order valence-corrected chi connectivity index (χ2v) is 8.97. The number of amides is 2. The Morgan fingerprint density at radius 3 is 2.32 bits per heavy atom. The summed E-state index contributed by atoms with van der Waals surface area (Å²) in [6.45, 7) is 3.94. The molecule has 0 radical (unpaired) electrons. The molecule has 1 aliphatic heterocycles. The Hall–Kier alpha value is -3.18. The number of anilines is 2.